The predicted molar refractivity (Wildman–Crippen MR) is 113 cm³/mol. The normalized spacial score (nSPS) is 15.6. The minimum atomic E-state index is -3.69. The predicted octanol–water partition coefficient (Wildman–Crippen LogP) is 3.33. The van der Waals surface area contributed by atoms with Gasteiger partial charge in [-0.15, -0.1) is 0 Å². The van der Waals surface area contributed by atoms with Crippen molar-refractivity contribution in [2.45, 2.75) is 31.6 Å². The summed E-state index contributed by atoms with van der Waals surface area (Å²) < 4.78 is 43.3. The van der Waals surface area contributed by atoms with Crippen molar-refractivity contribution in [3.8, 4) is 17.2 Å². The zero-order chi connectivity index (χ0) is 21.9. The molecule has 1 aliphatic heterocycles. The Morgan fingerprint density at radius 2 is 1.53 bits per heavy atom. The molecule has 0 spiro atoms. The lowest BCUT2D eigenvalue weighted by Gasteiger charge is -2.30. The molecule has 0 aliphatic carbocycles. The van der Waals surface area contributed by atoms with E-state index in [0.29, 0.717) is 30.1 Å². The highest BCUT2D eigenvalue weighted by atomic mass is 32.2. The zero-order valence-electron chi connectivity index (χ0n) is 17.7. The molecule has 0 aromatic heterocycles. The molecule has 0 saturated carbocycles. The number of sulfonamides is 1. The third kappa shape index (κ3) is 4.76. The van der Waals surface area contributed by atoms with Crippen LogP contribution in [-0.2, 0) is 14.8 Å². The van der Waals surface area contributed by atoms with Gasteiger partial charge in [-0.1, -0.05) is 6.07 Å². The lowest BCUT2D eigenvalue weighted by atomic mass is 9.98. The summed E-state index contributed by atoms with van der Waals surface area (Å²) >= 11 is 0. The van der Waals surface area contributed by atoms with Crippen LogP contribution in [0.1, 0.15) is 24.0 Å². The first-order valence-electron chi connectivity index (χ1n) is 9.76. The van der Waals surface area contributed by atoms with Crippen LogP contribution in [0, 0.1) is 19.8 Å². The number of esters is 1. The average molecular weight is 434 g/mol. The van der Waals surface area contributed by atoms with Crippen molar-refractivity contribution in [1.82, 2.24) is 4.31 Å². The van der Waals surface area contributed by atoms with E-state index in [9.17, 15) is 13.2 Å². The molecule has 30 heavy (non-hydrogen) atoms. The number of aryl methyl sites for hydroxylation is 2. The molecule has 0 unspecified atom stereocenters. The number of rotatable bonds is 6. The SMILES string of the molecule is COc1ccc(S(=O)(=O)N2CCC(C(=O)Oc3cc(C)cc(C)c3)CC2)cc1OC. The van der Waals surface area contributed by atoms with Gasteiger partial charge in [-0.2, -0.15) is 4.31 Å². The standard InChI is InChI=1S/C22H27NO6S/c1-15-11-16(2)13-18(12-15)29-22(24)17-7-9-23(10-8-17)30(25,26)19-5-6-20(27-3)21(14-19)28-4/h5-6,11-14,17H,7-10H2,1-4H3. The molecular weight excluding hydrogens is 406 g/mol. The first kappa shape index (κ1) is 22.1. The van der Waals surface area contributed by atoms with Gasteiger partial charge < -0.3 is 14.2 Å². The maximum atomic E-state index is 13.0. The third-order valence-electron chi connectivity index (χ3n) is 5.19. The minimum absolute atomic E-state index is 0.136. The van der Waals surface area contributed by atoms with Gasteiger partial charge in [0.25, 0.3) is 0 Å². The molecule has 1 aliphatic rings. The van der Waals surface area contributed by atoms with E-state index < -0.39 is 10.0 Å². The topological polar surface area (TPSA) is 82.1 Å². The Bertz CT molecular complexity index is 1010. The van der Waals surface area contributed by atoms with Crippen molar-refractivity contribution in [3.63, 3.8) is 0 Å². The Kier molecular flexibility index (Phi) is 6.67. The first-order chi connectivity index (χ1) is 14.2. The zero-order valence-corrected chi connectivity index (χ0v) is 18.5. The van der Waals surface area contributed by atoms with Crippen LogP contribution in [0.15, 0.2) is 41.3 Å². The molecule has 0 radical (unpaired) electrons. The van der Waals surface area contributed by atoms with Gasteiger partial charge in [0.15, 0.2) is 11.5 Å². The van der Waals surface area contributed by atoms with Gasteiger partial charge in [0.05, 0.1) is 25.0 Å². The summed E-state index contributed by atoms with van der Waals surface area (Å²) in [7, 11) is -0.740. The van der Waals surface area contributed by atoms with Gasteiger partial charge >= 0.3 is 5.97 Å². The number of benzene rings is 2. The Morgan fingerprint density at radius 1 is 0.933 bits per heavy atom. The summed E-state index contributed by atoms with van der Waals surface area (Å²) in [4.78, 5) is 12.7. The van der Waals surface area contributed by atoms with Crippen LogP contribution in [-0.4, -0.2) is 46.0 Å². The van der Waals surface area contributed by atoms with Crippen molar-refractivity contribution in [1.29, 1.82) is 0 Å². The third-order valence-corrected chi connectivity index (χ3v) is 7.09. The number of ether oxygens (including phenoxy) is 3. The van der Waals surface area contributed by atoms with Crippen LogP contribution in [0.25, 0.3) is 0 Å². The van der Waals surface area contributed by atoms with Gasteiger partial charge in [-0.3, -0.25) is 4.79 Å². The molecule has 2 aromatic rings. The van der Waals surface area contributed by atoms with Gasteiger partial charge in [0, 0.05) is 19.2 Å². The van der Waals surface area contributed by atoms with Crippen LogP contribution in [0.5, 0.6) is 17.2 Å². The largest absolute Gasteiger partial charge is 0.493 e. The second-order valence-electron chi connectivity index (χ2n) is 7.44. The Labute approximate surface area is 177 Å². The minimum Gasteiger partial charge on any atom is -0.493 e. The van der Waals surface area contributed by atoms with Gasteiger partial charge in [-0.25, -0.2) is 8.42 Å². The number of carbonyl (C=O) groups is 1. The Morgan fingerprint density at radius 3 is 2.10 bits per heavy atom. The average Bonchev–Trinajstić information content (AvgIpc) is 2.72. The van der Waals surface area contributed by atoms with E-state index in [2.05, 4.69) is 0 Å². The number of carbonyl (C=O) groups excluding carboxylic acids is 1. The highest BCUT2D eigenvalue weighted by Gasteiger charge is 2.33. The lowest BCUT2D eigenvalue weighted by Crippen LogP contribution is -2.41. The van der Waals surface area contributed by atoms with E-state index in [-0.39, 0.29) is 29.9 Å². The molecule has 0 atom stereocenters. The molecule has 7 nitrogen and oxygen atoms in total. The molecule has 0 bridgehead atoms. The van der Waals surface area contributed by atoms with Crippen LogP contribution in [0.4, 0.5) is 0 Å². The van der Waals surface area contributed by atoms with Gasteiger partial charge in [0.2, 0.25) is 10.0 Å². The van der Waals surface area contributed by atoms with Crippen LogP contribution in [0.2, 0.25) is 0 Å². The van der Waals surface area contributed by atoms with Crippen LogP contribution < -0.4 is 14.2 Å². The molecule has 3 rings (SSSR count). The number of hydrogen-bond donors (Lipinski definition) is 0. The molecule has 0 amide bonds. The molecule has 1 saturated heterocycles. The fourth-order valence-electron chi connectivity index (χ4n) is 3.65. The second kappa shape index (κ2) is 9.06. The van der Waals surface area contributed by atoms with Crippen LogP contribution >= 0.6 is 0 Å². The molecule has 1 heterocycles. The summed E-state index contributed by atoms with van der Waals surface area (Å²) in [6.07, 6.45) is 0.826. The Hall–Kier alpha value is -2.58. The van der Waals surface area contributed by atoms with E-state index in [1.807, 2.05) is 32.0 Å². The number of piperidine rings is 1. The highest BCUT2D eigenvalue weighted by Crippen LogP contribution is 2.32. The second-order valence-corrected chi connectivity index (χ2v) is 9.38. The van der Waals surface area contributed by atoms with Crippen molar-refractivity contribution in [2.24, 2.45) is 5.92 Å². The molecule has 2 aromatic carbocycles. The number of nitrogens with zero attached hydrogens (tertiary/aromatic N) is 1. The number of methoxy groups -OCH3 is 2. The maximum Gasteiger partial charge on any atom is 0.314 e. The van der Waals surface area contributed by atoms with Crippen molar-refractivity contribution in [2.75, 3.05) is 27.3 Å². The van der Waals surface area contributed by atoms with E-state index in [4.69, 9.17) is 14.2 Å². The number of hydrogen-bond acceptors (Lipinski definition) is 6. The summed E-state index contributed by atoms with van der Waals surface area (Å²) in [6.45, 7) is 4.40. The molecule has 1 fully saturated rings. The smallest absolute Gasteiger partial charge is 0.314 e. The van der Waals surface area contributed by atoms with Crippen molar-refractivity contribution in [3.05, 3.63) is 47.5 Å². The lowest BCUT2D eigenvalue weighted by molar-refractivity contribution is -0.140. The molecule has 162 valence electrons. The van der Waals surface area contributed by atoms with E-state index >= 15 is 0 Å². The summed E-state index contributed by atoms with van der Waals surface area (Å²) in [5.41, 5.74) is 2.04. The Balaban J connectivity index is 1.66. The van der Waals surface area contributed by atoms with Gasteiger partial charge in [-0.05, 0) is 62.1 Å². The van der Waals surface area contributed by atoms with Crippen LogP contribution in [0.3, 0.4) is 0 Å². The monoisotopic (exact) mass is 433 g/mol. The molecular formula is C22H27NO6S. The quantitative estimate of drug-likeness (QED) is 0.513. The molecule has 8 heteroatoms. The van der Waals surface area contributed by atoms with Crippen molar-refractivity contribution < 1.29 is 27.4 Å². The summed E-state index contributed by atoms with van der Waals surface area (Å²) in [6, 6.07) is 10.2. The summed E-state index contributed by atoms with van der Waals surface area (Å²) in [5.74, 6) is 0.693. The van der Waals surface area contributed by atoms with Gasteiger partial charge in [0.1, 0.15) is 5.75 Å². The first-order valence-corrected chi connectivity index (χ1v) is 11.2. The summed E-state index contributed by atoms with van der Waals surface area (Å²) in [5, 5.41) is 0. The van der Waals surface area contributed by atoms with E-state index in [1.54, 1.807) is 6.07 Å². The van der Waals surface area contributed by atoms with E-state index in [0.717, 1.165) is 11.1 Å². The fourth-order valence-corrected chi connectivity index (χ4v) is 5.13. The fraction of sp³-hybridized carbons (Fsp3) is 0.409. The highest BCUT2D eigenvalue weighted by molar-refractivity contribution is 7.89. The molecule has 0 N–H and O–H groups in total. The van der Waals surface area contributed by atoms with E-state index in [1.165, 1.54) is 30.7 Å². The van der Waals surface area contributed by atoms with Crippen molar-refractivity contribution >= 4 is 16.0 Å². The maximum absolute atomic E-state index is 13.0.